The van der Waals surface area contributed by atoms with Gasteiger partial charge in [-0.15, -0.1) is 0 Å². The molecule has 0 bridgehead atoms. The van der Waals surface area contributed by atoms with Crippen molar-refractivity contribution in [3.05, 3.63) is 320 Å². The van der Waals surface area contributed by atoms with Gasteiger partial charge in [-0.3, -0.25) is 59.8 Å². The lowest BCUT2D eigenvalue weighted by Crippen LogP contribution is -2.18. The van der Waals surface area contributed by atoms with Crippen LogP contribution in [0.15, 0.2) is 251 Å². The molecule has 12 heterocycles. The first-order valence-electron chi connectivity index (χ1n) is 32.5. The van der Waals surface area contributed by atoms with Crippen LogP contribution in [0.3, 0.4) is 0 Å². The number of hydrogen-bond acceptors (Lipinski definition) is 24. The SMILES string of the molecule is c1cnc2c(c1)C(=NOCc1c(CON=C3c4cccnc4-c4ncccc43)c(CON=C3c4cccnc4-c4ncccc43)c(CON=C3c4cccnc4-c4ncccc43)c(CON=C3c4cccnc4-c4ncccc43)c1CON=C1c3cccnc3-c3ncccc31)c1cccnc1-2. The van der Waals surface area contributed by atoms with Gasteiger partial charge in [0.1, 0.15) is 73.9 Å². The maximum Gasteiger partial charge on any atom is 0.143 e. The average Bonchev–Trinajstić information content (AvgIpc) is 1.68. The van der Waals surface area contributed by atoms with Gasteiger partial charge in [-0.2, -0.15) is 0 Å². The smallest absolute Gasteiger partial charge is 0.143 e. The van der Waals surface area contributed by atoms with Crippen LogP contribution >= 0.6 is 0 Å². The zero-order chi connectivity index (χ0) is 67.5. The van der Waals surface area contributed by atoms with E-state index in [2.05, 4.69) is 0 Å². The van der Waals surface area contributed by atoms with E-state index in [0.29, 0.717) is 136 Å². The third-order valence-corrected chi connectivity index (χ3v) is 18.5. The van der Waals surface area contributed by atoms with E-state index in [0.717, 1.165) is 66.8 Å². The number of oxime groups is 6. The molecule has 24 heteroatoms. The third kappa shape index (κ3) is 9.90. The second kappa shape index (κ2) is 25.0. The Bertz CT molecular complexity index is 4640. The van der Waals surface area contributed by atoms with Gasteiger partial charge in [0.2, 0.25) is 0 Å². The van der Waals surface area contributed by atoms with E-state index < -0.39 is 0 Å². The second-order valence-corrected chi connectivity index (χ2v) is 23.9. The Morgan fingerprint density at radius 1 is 0.167 bits per heavy atom. The molecular formula is C78H48N18O6. The maximum absolute atomic E-state index is 6.82. The van der Waals surface area contributed by atoms with Crippen LogP contribution in [0, 0.1) is 0 Å². The summed E-state index contributed by atoms with van der Waals surface area (Å²) in [5.41, 5.74) is 23.2. The predicted molar refractivity (Wildman–Crippen MR) is 374 cm³/mol. The number of nitrogens with zero attached hydrogens (tertiary/aromatic N) is 18. The lowest BCUT2D eigenvalue weighted by Gasteiger charge is -2.25. The maximum atomic E-state index is 6.82. The minimum absolute atomic E-state index is 0.228. The lowest BCUT2D eigenvalue weighted by molar-refractivity contribution is 0.0910. The summed E-state index contributed by atoms with van der Waals surface area (Å²) in [4.78, 5) is 97.8. The van der Waals surface area contributed by atoms with E-state index in [-0.39, 0.29) is 39.6 Å². The molecule has 0 aliphatic heterocycles. The summed E-state index contributed by atoms with van der Waals surface area (Å²) in [6.07, 6.45) is 20.8. The second-order valence-electron chi connectivity index (χ2n) is 23.9. The standard InChI is InChI=1S/C78H48N18O6/c1-13-43-61(44-14-2-26-80-68(44)67(43)79-25-1)91-97-37-55-56(38-98-92-62-45-15-3-27-81-69(45)70-46(62)16-4-28-82-70)58(40-100-94-64-49-19-7-31-85-73(49)74-50(64)20-8-32-86-74)60(42-102-96-66-53-23-11-35-89-77(53)78-54(66)24-12-36-90-78)59(41-101-95-65-51-21-9-33-87-75(51)76-52(65)22-10-34-88-76)57(55)39-99-93-63-47-17-5-29-83-71(47)72-48(63)18-6-30-84-72/h1-36H,37-42H2. The summed E-state index contributed by atoms with van der Waals surface area (Å²) in [5.74, 6) is 0. The van der Waals surface area contributed by atoms with Crippen LogP contribution in [0.5, 0.6) is 0 Å². The van der Waals surface area contributed by atoms with Crippen molar-refractivity contribution in [3.8, 4) is 68.3 Å². The first kappa shape index (κ1) is 59.1. The van der Waals surface area contributed by atoms with Gasteiger partial charge in [-0.1, -0.05) is 30.9 Å². The van der Waals surface area contributed by atoms with Crippen molar-refractivity contribution in [1.82, 2.24) is 59.8 Å². The largest absolute Gasteiger partial charge is 0.390 e. The Labute approximate surface area is 579 Å². The topological polar surface area (TPSA) is 284 Å². The van der Waals surface area contributed by atoms with E-state index in [1.807, 2.05) is 146 Å². The molecule has 0 spiro atoms. The van der Waals surface area contributed by atoms with Gasteiger partial charge in [-0.05, 0) is 146 Å². The fourth-order valence-electron chi connectivity index (χ4n) is 14.0. The molecule has 0 unspecified atom stereocenters. The van der Waals surface area contributed by atoms with E-state index >= 15 is 0 Å². The fourth-order valence-corrected chi connectivity index (χ4v) is 14.0. The van der Waals surface area contributed by atoms with Crippen LogP contribution in [0.4, 0.5) is 0 Å². The number of fused-ring (bicyclic) bond motifs is 18. The summed E-state index contributed by atoms with van der Waals surface area (Å²) < 4.78 is 0. The van der Waals surface area contributed by atoms with Gasteiger partial charge < -0.3 is 29.0 Å². The van der Waals surface area contributed by atoms with Crippen molar-refractivity contribution in [2.45, 2.75) is 39.6 Å². The van der Waals surface area contributed by atoms with Crippen molar-refractivity contribution in [3.63, 3.8) is 0 Å². The van der Waals surface area contributed by atoms with Crippen LogP contribution < -0.4 is 0 Å². The Hall–Kier alpha value is -14.2. The molecule has 1 aromatic carbocycles. The summed E-state index contributed by atoms with van der Waals surface area (Å²) in [7, 11) is 0. The minimum Gasteiger partial charge on any atom is -0.390 e. The number of benzene rings is 1. The average molecular weight is 1330 g/mol. The first-order valence-corrected chi connectivity index (χ1v) is 32.5. The van der Waals surface area contributed by atoms with Gasteiger partial charge in [-0.25, -0.2) is 0 Å². The van der Waals surface area contributed by atoms with Gasteiger partial charge in [0.15, 0.2) is 0 Å². The molecule has 0 atom stereocenters. The summed E-state index contributed by atoms with van der Waals surface area (Å²) >= 11 is 0. The van der Waals surface area contributed by atoms with Crippen LogP contribution in [-0.4, -0.2) is 94.1 Å². The van der Waals surface area contributed by atoms with E-state index in [4.69, 9.17) is 120 Å². The monoisotopic (exact) mass is 1330 g/mol. The lowest BCUT2D eigenvalue weighted by atomic mass is 9.87. The molecule has 6 aliphatic rings. The Balaban J connectivity index is 0.836. The van der Waals surface area contributed by atoms with Crippen LogP contribution in [0.25, 0.3) is 68.3 Å². The van der Waals surface area contributed by atoms with Crippen molar-refractivity contribution >= 4 is 34.3 Å². The Morgan fingerprint density at radius 3 is 0.382 bits per heavy atom. The molecule has 19 rings (SSSR count). The summed E-state index contributed by atoms with van der Waals surface area (Å²) in [6, 6.07) is 45.6. The zero-order valence-electron chi connectivity index (χ0n) is 53.5. The number of hydrogen-bond donors (Lipinski definition) is 0. The number of aromatic nitrogens is 12. The highest BCUT2D eigenvalue weighted by atomic mass is 16.6. The summed E-state index contributed by atoms with van der Waals surface area (Å²) in [5, 5.41) is 29.9. The highest BCUT2D eigenvalue weighted by Crippen LogP contribution is 2.42. The van der Waals surface area contributed by atoms with Crippen molar-refractivity contribution in [1.29, 1.82) is 0 Å². The molecule has 486 valence electrons. The highest BCUT2D eigenvalue weighted by molar-refractivity contribution is 6.26. The van der Waals surface area contributed by atoms with E-state index in [1.165, 1.54) is 0 Å². The van der Waals surface area contributed by atoms with Gasteiger partial charge in [0.25, 0.3) is 0 Å². The zero-order valence-corrected chi connectivity index (χ0v) is 53.5. The number of pyridine rings is 12. The highest BCUT2D eigenvalue weighted by Gasteiger charge is 2.36. The summed E-state index contributed by atoms with van der Waals surface area (Å²) in [6.45, 7) is -1.37. The molecule has 102 heavy (non-hydrogen) atoms. The number of rotatable bonds is 18. The Kier molecular flexibility index (Phi) is 14.5. The third-order valence-electron chi connectivity index (χ3n) is 18.5. The van der Waals surface area contributed by atoms with Gasteiger partial charge in [0, 0.05) is 175 Å². The quantitative estimate of drug-likeness (QED) is 0.0721. The normalized spacial score (nSPS) is 12.8. The molecule has 0 N–H and O–H groups in total. The molecule has 0 fully saturated rings. The van der Waals surface area contributed by atoms with E-state index in [1.54, 1.807) is 74.4 Å². The molecule has 12 aromatic heterocycles. The van der Waals surface area contributed by atoms with Crippen LogP contribution in [0.1, 0.15) is 100 Å². The van der Waals surface area contributed by atoms with Crippen LogP contribution in [0.2, 0.25) is 0 Å². The minimum atomic E-state index is -0.228. The molecule has 0 saturated heterocycles. The van der Waals surface area contributed by atoms with Crippen molar-refractivity contribution < 1.29 is 29.0 Å². The molecule has 6 aliphatic carbocycles. The van der Waals surface area contributed by atoms with Crippen molar-refractivity contribution in [2.24, 2.45) is 30.9 Å². The van der Waals surface area contributed by atoms with Gasteiger partial charge >= 0.3 is 0 Å². The van der Waals surface area contributed by atoms with Gasteiger partial charge in [0.05, 0.1) is 68.3 Å². The Morgan fingerprint density at radius 2 is 0.275 bits per heavy atom. The van der Waals surface area contributed by atoms with E-state index in [9.17, 15) is 0 Å². The molecule has 0 radical (unpaired) electrons. The van der Waals surface area contributed by atoms with Crippen LogP contribution in [-0.2, 0) is 68.7 Å². The first-order chi connectivity index (χ1) is 50.7. The molecular weight excluding hydrogens is 1280 g/mol. The molecule has 13 aromatic rings. The van der Waals surface area contributed by atoms with Crippen molar-refractivity contribution in [2.75, 3.05) is 0 Å². The predicted octanol–water partition coefficient (Wildman–Crippen LogP) is 12.1. The molecule has 24 nitrogen and oxygen atoms in total. The molecule has 0 amide bonds. The molecule has 0 saturated carbocycles. The fraction of sp³-hybridized carbons (Fsp3) is 0.0769.